The van der Waals surface area contributed by atoms with Gasteiger partial charge in [-0.2, -0.15) is 0 Å². The molecule has 0 saturated heterocycles. The van der Waals surface area contributed by atoms with Gasteiger partial charge >= 0.3 is 0 Å². The van der Waals surface area contributed by atoms with Gasteiger partial charge in [-0.05, 0) is 42.4 Å². The third-order valence-electron chi connectivity index (χ3n) is 3.87. The lowest BCUT2D eigenvalue weighted by Crippen LogP contribution is -2.41. The van der Waals surface area contributed by atoms with E-state index in [4.69, 9.17) is 5.73 Å². The lowest BCUT2D eigenvalue weighted by atomic mass is 9.84. The molecule has 1 aromatic rings. The molecule has 0 spiro atoms. The number of pyridine rings is 1. The minimum Gasteiger partial charge on any atom is -0.335 e. The SMILES string of the molecule is CC(C)(C)CC(CN)C(=O)N(Cc1ccncc1)C1CC1. The van der Waals surface area contributed by atoms with E-state index in [9.17, 15) is 4.79 Å². The Morgan fingerprint density at radius 2 is 2.00 bits per heavy atom. The standard InChI is InChI=1S/C17H27N3O/c1-17(2,3)10-14(11-18)16(21)20(15-4-5-15)12-13-6-8-19-9-7-13/h6-9,14-15H,4-5,10-12,18H2,1-3H3. The summed E-state index contributed by atoms with van der Waals surface area (Å²) in [4.78, 5) is 18.9. The molecule has 4 nitrogen and oxygen atoms in total. The van der Waals surface area contributed by atoms with Gasteiger partial charge in [0.05, 0.1) is 5.92 Å². The van der Waals surface area contributed by atoms with Crippen LogP contribution in [-0.2, 0) is 11.3 Å². The maximum Gasteiger partial charge on any atom is 0.227 e. The molecule has 116 valence electrons. The second-order valence-electron chi connectivity index (χ2n) is 7.25. The van der Waals surface area contributed by atoms with Gasteiger partial charge in [0, 0.05) is 31.5 Å². The second-order valence-corrected chi connectivity index (χ2v) is 7.25. The van der Waals surface area contributed by atoms with Gasteiger partial charge in [0.1, 0.15) is 0 Å². The van der Waals surface area contributed by atoms with E-state index < -0.39 is 0 Å². The number of carbonyl (C=O) groups is 1. The van der Waals surface area contributed by atoms with Gasteiger partial charge in [0.2, 0.25) is 5.91 Å². The monoisotopic (exact) mass is 289 g/mol. The molecule has 0 radical (unpaired) electrons. The summed E-state index contributed by atoms with van der Waals surface area (Å²) in [7, 11) is 0. The highest BCUT2D eigenvalue weighted by atomic mass is 16.2. The summed E-state index contributed by atoms with van der Waals surface area (Å²) in [5.41, 5.74) is 7.13. The van der Waals surface area contributed by atoms with Crippen molar-refractivity contribution in [2.75, 3.05) is 6.54 Å². The molecule has 0 aliphatic heterocycles. The van der Waals surface area contributed by atoms with E-state index in [2.05, 4.69) is 25.8 Å². The fraction of sp³-hybridized carbons (Fsp3) is 0.647. The Balaban J connectivity index is 2.08. The Morgan fingerprint density at radius 1 is 1.38 bits per heavy atom. The van der Waals surface area contributed by atoms with Gasteiger partial charge in [-0.3, -0.25) is 9.78 Å². The Kier molecular flexibility index (Phi) is 4.99. The lowest BCUT2D eigenvalue weighted by molar-refractivity contribution is -0.137. The quantitative estimate of drug-likeness (QED) is 0.875. The van der Waals surface area contributed by atoms with E-state index >= 15 is 0 Å². The topological polar surface area (TPSA) is 59.2 Å². The summed E-state index contributed by atoms with van der Waals surface area (Å²) in [6.45, 7) is 7.58. The third-order valence-corrected chi connectivity index (χ3v) is 3.87. The highest BCUT2D eigenvalue weighted by molar-refractivity contribution is 5.79. The summed E-state index contributed by atoms with van der Waals surface area (Å²) in [5.74, 6) is 0.138. The number of nitrogens with two attached hydrogens (primary N) is 1. The summed E-state index contributed by atoms with van der Waals surface area (Å²) >= 11 is 0. The molecule has 0 aromatic carbocycles. The van der Waals surface area contributed by atoms with Gasteiger partial charge in [-0.25, -0.2) is 0 Å². The van der Waals surface area contributed by atoms with Crippen LogP contribution in [0.15, 0.2) is 24.5 Å². The molecule has 1 unspecified atom stereocenters. The zero-order chi connectivity index (χ0) is 15.5. The Labute approximate surface area is 127 Å². The highest BCUT2D eigenvalue weighted by Gasteiger charge is 2.36. The molecule has 1 saturated carbocycles. The number of carbonyl (C=O) groups excluding carboxylic acids is 1. The van der Waals surface area contributed by atoms with Crippen molar-refractivity contribution < 1.29 is 4.79 Å². The van der Waals surface area contributed by atoms with E-state index in [0.717, 1.165) is 24.8 Å². The normalized spacial score (nSPS) is 16.6. The van der Waals surface area contributed by atoms with Crippen molar-refractivity contribution >= 4 is 5.91 Å². The van der Waals surface area contributed by atoms with Crippen molar-refractivity contribution in [3.8, 4) is 0 Å². The largest absolute Gasteiger partial charge is 0.335 e. The van der Waals surface area contributed by atoms with Gasteiger partial charge < -0.3 is 10.6 Å². The maximum absolute atomic E-state index is 12.9. The highest BCUT2D eigenvalue weighted by Crippen LogP contribution is 2.32. The van der Waals surface area contributed by atoms with Crippen LogP contribution in [0, 0.1) is 11.3 Å². The van der Waals surface area contributed by atoms with Crippen LogP contribution in [0.4, 0.5) is 0 Å². The molecule has 1 aliphatic carbocycles. The van der Waals surface area contributed by atoms with Crippen molar-refractivity contribution in [2.45, 2.75) is 52.6 Å². The van der Waals surface area contributed by atoms with Crippen LogP contribution in [-0.4, -0.2) is 28.4 Å². The maximum atomic E-state index is 12.9. The number of rotatable bonds is 6. The molecule has 0 bridgehead atoms. The predicted octanol–water partition coefficient (Wildman–Crippen LogP) is 2.58. The van der Waals surface area contributed by atoms with Crippen LogP contribution in [0.2, 0.25) is 0 Å². The van der Waals surface area contributed by atoms with E-state index in [0.29, 0.717) is 19.1 Å². The van der Waals surface area contributed by atoms with Crippen molar-refractivity contribution in [3.63, 3.8) is 0 Å². The molecular weight excluding hydrogens is 262 g/mol. The average molecular weight is 289 g/mol. The van der Waals surface area contributed by atoms with E-state index in [1.807, 2.05) is 17.0 Å². The molecule has 2 N–H and O–H groups in total. The number of nitrogens with zero attached hydrogens (tertiary/aromatic N) is 2. The first-order valence-electron chi connectivity index (χ1n) is 7.80. The number of hydrogen-bond acceptors (Lipinski definition) is 3. The molecule has 1 fully saturated rings. The predicted molar refractivity (Wildman–Crippen MR) is 84.4 cm³/mol. The van der Waals surface area contributed by atoms with Gasteiger partial charge in [-0.15, -0.1) is 0 Å². The lowest BCUT2D eigenvalue weighted by Gasteiger charge is -2.30. The summed E-state index contributed by atoms with van der Waals surface area (Å²) in [6, 6.07) is 4.35. The molecule has 2 rings (SSSR count). The fourth-order valence-corrected chi connectivity index (χ4v) is 2.70. The van der Waals surface area contributed by atoms with Crippen molar-refractivity contribution in [1.29, 1.82) is 0 Å². The molecule has 1 aliphatic rings. The van der Waals surface area contributed by atoms with Crippen LogP contribution in [0.25, 0.3) is 0 Å². The number of amides is 1. The Hall–Kier alpha value is -1.42. The minimum atomic E-state index is -0.0764. The molecule has 1 amide bonds. The molecule has 1 atom stereocenters. The third kappa shape index (κ3) is 4.81. The first kappa shape index (κ1) is 16.0. The molecule has 4 heteroatoms. The average Bonchev–Trinajstić information content (AvgIpc) is 3.26. The Morgan fingerprint density at radius 3 is 2.48 bits per heavy atom. The minimum absolute atomic E-state index is 0.0764. The molecule has 1 aromatic heterocycles. The van der Waals surface area contributed by atoms with Crippen LogP contribution in [0.1, 0.15) is 45.6 Å². The van der Waals surface area contributed by atoms with Gasteiger partial charge in [-0.1, -0.05) is 20.8 Å². The summed E-state index contributed by atoms with van der Waals surface area (Å²) in [6.07, 6.45) is 6.62. The van der Waals surface area contributed by atoms with Crippen molar-refractivity contribution in [2.24, 2.45) is 17.1 Å². The molecular formula is C17H27N3O. The molecule has 21 heavy (non-hydrogen) atoms. The zero-order valence-electron chi connectivity index (χ0n) is 13.4. The van der Waals surface area contributed by atoms with E-state index in [-0.39, 0.29) is 17.2 Å². The first-order chi connectivity index (χ1) is 9.90. The van der Waals surface area contributed by atoms with E-state index in [1.165, 1.54) is 0 Å². The fourth-order valence-electron chi connectivity index (χ4n) is 2.70. The van der Waals surface area contributed by atoms with Crippen molar-refractivity contribution in [1.82, 2.24) is 9.88 Å². The smallest absolute Gasteiger partial charge is 0.227 e. The zero-order valence-corrected chi connectivity index (χ0v) is 13.4. The van der Waals surface area contributed by atoms with Gasteiger partial charge in [0.15, 0.2) is 0 Å². The van der Waals surface area contributed by atoms with Crippen molar-refractivity contribution in [3.05, 3.63) is 30.1 Å². The molecule has 1 heterocycles. The first-order valence-corrected chi connectivity index (χ1v) is 7.80. The number of hydrogen-bond donors (Lipinski definition) is 1. The van der Waals surface area contributed by atoms with Crippen LogP contribution in [0.3, 0.4) is 0 Å². The van der Waals surface area contributed by atoms with Crippen LogP contribution < -0.4 is 5.73 Å². The summed E-state index contributed by atoms with van der Waals surface area (Å²) in [5, 5.41) is 0. The van der Waals surface area contributed by atoms with Crippen LogP contribution >= 0.6 is 0 Å². The number of aromatic nitrogens is 1. The van der Waals surface area contributed by atoms with Gasteiger partial charge in [0.25, 0.3) is 0 Å². The second kappa shape index (κ2) is 6.56. The Bertz CT molecular complexity index is 463. The summed E-state index contributed by atoms with van der Waals surface area (Å²) < 4.78 is 0. The van der Waals surface area contributed by atoms with Crippen LogP contribution in [0.5, 0.6) is 0 Å². The van der Waals surface area contributed by atoms with E-state index in [1.54, 1.807) is 12.4 Å².